The molecule has 49 heavy (non-hydrogen) atoms. The van der Waals surface area contributed by atoms with E-state index in [0.717, 1.165) is 70.9 Å². The molecule has 256 valence electrons. The summed E-state index contributed by atoms with van der Waals surface area (Å²) in [6.07, 6.45) is 1.83. The molecule has 4 aromatic carbocycles. The number of amides is 1. The molecule has 0 spiro atoms. The van der Waals surface area contributed by atoms with E-state index < -0.39 is 12.4 Å². The molecule has 9 heteroatoms. The van der Waals surface area contributed by atoms with Crippen LogP contribution >= 0.6 is 0 Å². The second-order valence-corrected chi connectivity index (χ2v) is 12.4. The monoisotopic (exact) mass is 664 g/mol. The van der Waals surface area contributed by atoms with E-state index in [-0.39, 0.29) is 25.4 Å². The van der Waals surface area contributed by atoms with Gasteiger partial charge in [-0.3, -0.25) is 4.90 Å². The van der Waals surface area contributed by atoms with Crippen molar-refractivity contribution in [1.82, 2.24) is 10.2 Å². The number of ether oxygens (including phenoxy) is 5. The third-order valence-corrected chi connectivity index (χ3v) is 9.06. The minimum absolute atomic E-state index is 0.00326. The van der Waals surface area contributed by atoms with E-state index in [1.54, 1.807) is 14.2 Å². The van der Waals surface area contributed by atoms with Crippen molar-refractivity contribution in [2.45, 2.75) is 51.0 Å². The van der Waals surface area contributed by atoms with Gasteiger partial charge in [-0.2, -0.15) is 0 Å². The summed E-state index contributed by atoms with van der Waals surface area (Å²) in [6.45, 7) is 6.54. The highest BCUT2D eigenvalue weighted by atomic mass is 16.7. The Balaban J connectivity index is 1.21. The molecule has 0 aromatic heterocycles. The second kappa shape index (κ2) is 16.2. The van der Waals surface area contributed by atoms with Crippen LogP contribution in [0.3, 0.4) is 0 Å². The van der Waals surface area contributed by atoms with Crippen molar-refractivity contribution in [2.75, 3.05) is 33.9 Å². The van der Waals surface area contributed by atoms with E-state index >= 15 is 0 Å². The van der Waals surface area contributed by atoms with Crippen LogP contribution in [-0.4, -0.2) is 56.1 Å². The fourth-order valence-corrected chi connectivity index (χ4v) is 6.50. The number of carbonyl (C=O) groups is 1. The van der Waals surface area contributed by atoms with Gasteiger partial charge in [0.15, 0.2) is 17.8 Å². The molecule has 9 nitrogen and oxygen atoms in total. The van der Waals surface area contributed by atoms with E-state index in [1.807, 2.05) is 54.6 Å². The standard InChI is InChI=1S/C40H44N2O7/c1-4-17-47-40(44)41-23-28-7-5-8-30(18-28)31-9-6-10-33(19-31)39-48-35(22-36(49-39)29-13-11-27(26-43)12-14-29)25-42-16-15-32-20-37(45-2)38(46-3)21-34(32)24-42/h4-14,18-21,35-36,39,43H,1,15-17,22-26H2,2-3H3,(H,41,44). The molecule has 0 bridgehead atoms. The van der Waals surface area contributed by atoms with Gasteiger partial charge in [0.2, 0.25) is 0 Å². The van der Waals surface area contributed by atoms with E-state index in [0.29, 0.717) is 13.0 Å². The van der Waals surface area contributed by atoms with Crippen LogP contribution in [-0.2, 0) is 40.3 Å². The number of hydrogen-bond donors (Lipinski definition) is 2. The lowest BCUT2D eigenvalue weighted by Gasteiger charge is -2.39. The number of benzene rings is 4. The Morgan fingerprint density at radius 3 is 2.39 bits per heavy atom. The number of aliphatic hydroxyl groups excluding tert-OH is 1. The Bertz CT molecular complexity index is 1740. The van der Waals surface area contributed by atoms with Crippen LogP contribution < -0.4 is 14.8 Å². The molecule has 0 aliphatic carbocycles. The molecular formula is C40H44N2O7. The van der Waals surface area contributed by atoms with Crippen LogP contribution in [0.1, 0.15) is 52.2 Å². The molecule has 3 atom stereocenters. The van der Waals surface area contributed by atoms with Crippen LogP contribution in [0.25, 0.3) is 11.1 Å². The molecule has 2 N–H and O–H groups in total. The van der Waals surface area contributed by atoms with Gasteiger partial charge in [0, 0.05) is 38.2 Å². The average molecular weight is 665 g/mol. The largest absolute Gasteiger partial charge is 0.493 e. The van der Waals surface area contributed by atoms with Gasteiger partial charge in [0.25, 0.3) is 0 Å². The lowest BCUT2D eigenvalue weighted by Crippen LogP contribution is -2.41. The van der Waals surface area contributed by atoms with Crippen molar-refractivity contribution in [3.63, 3.8) is 0 Å². The van der Waals surface area contributed by atoms with E-state index in [4.69, 9.17) is 23.7 Å². The van der Waals surface area contributed by atoms with Gasteiger partial charge in [-0.1, -0.05) is 73.3 Å². The maximum absolute atomic E-state index is 11.9. The van der Waals surface area contributed by atoms with Crippen molar-refractivity contribution in [3.8, 4) is 22.6 Å². The zero-order chi connectivity index (χ0) is 34.2. The molecule has 4 aromatic rings. The lowest BCUT2D eigenvalue weighted by molar-refractivity contribution is -0.253. The van der Waals surface area contributed by atoms with Crippen molar-refractivity contribution in [3.05, 3.63) is 131 Å². The molecule has 1 fully saturated rings. The second-order valence-electron chi connectivity index (χ2n) is 12.4. The van der Waals surface area contributed by atoms with Crippen LogP contribution in [0.2, 0.25) is 0 Å². The fraction of sp³-hybridized carbons (Fsp3) is 0.325. The van der Waals surface area contributed by atoms with Crippen molar-refractivity contribution in [1.29, 1.82) is 0 Å². The fourth-order valence-electron chi connectivity index (χ4n) is 6.50. The van der Waals surface area contributed by atoms with Gasteiger partial charge < -0.3 is 34.1 Å². The van der Waals surface area contributed by atoms with Crippen molar-refractivity contribution < 1.29 is 33.6 Å². The maximum atomic E-state index is 11.9. The zero-order valence-corrected chi connectivity index (χ0v) is 28.1. The summed E-state index contributed by atoms with van der Waals surface area (Å²) >= 11 is 0. The van der Waals surface area contributed by atoms with Crippen LogP contribution in [0.15, 0.2) is 97.6 Å². The highest BCUT2D eigenvalue weighted by Crippen LogP contribution is 2.40. The molecule has 0 radical (unpaired) electrons. The maximum Gasteiger partial charge on any atom is 0.407 e. The minimum atomic E-state index is -0.577. The summed E-state index contributed by atoms with van der Waals surface area (Å²) in [5, 5.41) is 12.4. The molecule has 2 heterocycles. The van der Waals surface area contributed by atoms with E-state index in [1.165, 1.54) is 17.2 Å². The van der Waals surface area contributed by atoms with Crippen molar-refractivity contribution >= 4 is 6.09 Å². The number of nitrogens with zero attached hydrogens (tertiary/aromatic N) is 1. The number of aliphatic hydroxyl groups is 1. The van der Waals surface area contributed by atoms with Gasteiger partial charge >= 0.3 is 6.09 Å². The highest BCUT2D eigenvalue weighted by molar-refractivity contribution is 5.68. The molecule has 3 unspecified atom stereocenters. The van der Waals surface area contributed by atoms with E-state index in [2.05, 4.69) is 47.1 Å². The summed E-state index contributed by atoms with van der Waals surface area (Å²) in [6, 6.07) is 28.4. The number of carbonyl (C=O) groups excluding carboxylic acids is 1. The van der Waals surface area contributed by atoms with Crippen molar-refractivity contribution in [2.24, 2.45) is 0 Å². The average Bonchev–Trinajstić information content (AvgIpc) is 3.15. The number of rotatable bonds is 12. The predicted octanol–water partition coefficient (Wildman–Crippen LogP) is 6.88. The first-order valence-corrected chi connectivity index (χ1v) is 16.6. The normalized spacial score (nSPS) is 19.0. The number of hydrogen-bond acceptors (Lipinski definition) is 8. The highest BCUT2D eigenvalue weighted by Gasteiger charge is 2.34. The molecule has 2 aliphatic heterocycles. The first kappa shape index (κ1) is 34.2. The summed E-state index contributed by atoms with van der Waals surface area (Å²) < 4.78 is 29.6. The molecular weight excluding hydrogens is 620 g/mol. The third kappa shape index (κ3) is 8.50. The number of fused-ring (bicyclic) bond motifs is 1. The van der Waals surface area contributed by atoms with E-state index in [9.17, 15) is 9.90 Å². The Hall–Kier alpha value is -4.67. The first-order valence-electron chi connectivity index (χ1n) is 16.6. The van der Waals surface area contributed by atoms with Gasteiger partial charge in [-0.25, -0.2) is 4.79 Å². The molecule has 1 amide bonds. The lowest BCUT2D eigenvalue weighted by atomic mass is 9.96. The van der Waals surface area contributed by atoms with Gasteiger partial charge in [0.05, 0.1) is 33.0 Å². The summed E-state index contributed by atoms with van der Waals surface area (Å²) in [5.74, 6) is 1.50. The van der Waals surface area contributed by atoms with Gasteiger partial charge in [0.1, 0.15) is 6.61 Å². The number of methoxy groups -OCH3 is 2. The number of nitrogens with one attached hydrogen (secondary N) is 1. The summed E-state index contributed by atoms with van der Waals surface area (Å²) in [4.78, 5) is 14.4. The van der Waals surface area contributed by atoms with Crippen LogP contribution in [0.4, 0.5) is 4.79 Å². The molecule has 6 rings (SSSR count). The Labute approximate surface area is 288 Å². The van der Waals surface area contributed by atoms with Crippen LogP contribution in [0.5, 0.6) is 11.5 Å². The minimum Gasteiger partial charge on any atom is -0.493 e. The van der Waals surface area contributed by atoms with Gasteiger partial charge in [-0.05, 0) is 69.6 Å². The Morgan fingerprint density at radius 2 is 1.65 bits per heavy atom. The Morgan fingerprint density at radius 1 is 0.918 bits per heavy atom. The summed E-state index contributed by atoms with van der Waals surface area (Å²) in [5.41, 5.74) is 8.35. The third-order valence-electron chi connectivity index (χ3n) is 9.06. The SMILES string of the molecule is C=CCOC(=O)NCc1cccc(-c2cccc(C3OC(CN4CCc5cc(OC)c(OC)cc5C4)CC(c4ccc(CO)cc4)O3)c2)c1. The Kier molecular flexibility index (Phi) is 11.3. The first-order chi connectivity index (χ1) is 24.0. The molecule has 1 saturated heterocycles. The summed E-state index contributed by atoms with van der Waals surface area (Å²) in [7, 11) is 3.34. The number of alkyl carbamates (subject to hydrolysis) is 1. The zero-order valence-electron chi connectivity index (χ0n) is 28.1. The van der Waals surface area contributed by atoms with Crippen LogP contribution in [0, 0.1) is 0 Å². The molecule has 0 saturated carbocycles. The quantitative estimate of drug-likeness (QED) is 0.158. The van der Waals surface area contributed by atoms with Gasteiger partial charge in [-0.15, -0.1) is 0 Å². The smallest absolute Gasteiger partial charge is 0.407 e. The molecule has 2 aliphatic rings. The topological polar surface area (TPSA) is 98.7 Å². The predicted molar refractivity (Wildman–Crippen MR) is 187 cm³/mol.